The minimum atomic E-state index is -0.333. The van der Waals surface area contributed by atoms with E-state index >= 15 is 0 Å². The lowest BCUT2D eigenvalue weighted by Crippen LogP contribution is -2.19. The monoisotopic (exact) mass is 381 g/mol. The number of benzene rings is 2. The fourth-order valence-electron chi connectivity index (χ4n) is 3.20. The van der Waals surface area contributed by atoms with Crippen molar-refractivity contribution in [1.82, 2.24) is 0 Å². The number of carbonyl (C=O) groups excluding carboxylic acids is 1. The van der Waals surface area contributed by atoms with Crippen molar-refractivity contribution in [3.63, 3.8) is 0 Å². The van der Waals surface area contributed by atoms with Crippen molar-refractivity contribution in [1.29, 1.82) is 0 Å². The normalized spacial score (nSPS) is 12.4. The van der Waals surface area contributed by atoms with Crippen LogP contribution in [0.3, 0.4) is 0 Å². The van der Waals surface area contributed by atoms with Crippen molar-refractivity contribution in [2.45, 2.75) is 52.4 Å². The van der Waals surface area contributed by atoms with Crippen molar-refractivity contribution in [2.75, 3.05) is 12.8 Å². The largest absolute Gasteiger partial charge is 0.507 e. The number of aromatic hydroxyl groups is 1. The summed E-state index contributed by atoms with van der Waals surface area (Å²) in [7, 11) is 1.58. The number of nitrogen functional groups attached to an aromatic ring is 1. The molecule has 0 aliphatic carbocycles. The maximum atomic E-state index is 12.5. The van der Waals surface area contributed by atoms with Crippen LogP contribution < -0.4 is 10.5 Å². The summed E-state index contributed by atoms with van der Waals surface area (Å²) in [5, 5.41) is 11.0. The van der Waals surface area contributed by atoms with Gasteiger partial charge in [0.1, 0.15) is 11.5 Å². The Bertz CT molecular complexity index is 895. The van der Waals surface area contributed by atoms with E-state index in [2.05, 4.69) is 0 Å². The first-order valence-corrected chi connectivity index (χ1v) is 9.39. The van der Waals surface area contributed by atoms with Gasteiger partial charge in [0.15, 0.2) is 5.78 Å². The summed E-state index contributed by atoms with van der Waals surface area (Å²) < 4.78 is 5.67. The number of phenolic OH excluding ortho intramolecular Hbond substituents is 1. The zero-order chi connectivity index (χ0) is 21.3. The highest BCUT2D eigenvalue weighted by atomic mass is 16.5. The van der Waals surface area contributed by atoms with Gasteiger partial charge in [0.05, 0.1) is 7.11 Å². The predicted molar refractivity (Wildman–Crippen MR) is 116 cm³/mol. The molecule has 4 nitrogen and oxygen atoms in total. The number of allylic oxidation sites excluding steroid dienone is 1. The number of hydrogen-bond donors (Lipinski definition) is 2. The van der Waals surface area contributed by atoms with Crippen LogP contribution in [0.4, 0.5) is 5.69 Å². The lowest BCUT2D eigenvalue weighted by atomic mass is 9.77. The number of hydrogen-bond acceptors (Lipinski definition) is 4. The molecule has 0 radical (unpaired) electrons. The molecule has 0 saturated carbocycles. The van der Waals surface area contributed by atoms with Gasteiger partial charge in [-0.3, -0.25) is 4.79 Å². The highest BCUT2D eigenvalue weighted by Crippen LogP contribution is 2.46. The number of carbonyl (C=O) groups is 1. The zero-order valence-corrected chi connectivity index (χ0v) is 17.9. The molecule has 2 rings (SSSR count). The predicted octanol–water partition coefficient (Wildman–Crippen LogP) is 5.47. The molecule has 150 valence electrons. The first-order valence-electron chi connectivity index (χ1n) is 9.39. The van der Waals surface area contributed by atoms with Crippen molar-refractivity contribution in [3.05, 3.63) is 58.7 Å². The molecule has 0 bridgehead atoms. The average Bonchev–Trinajstić information content (AvgIpc) is 2.58. The van der Waals surface area contributed by atoms with Crippen molar-refractivity contribution >= 4 is 17.5 Å². The maximum absolute atomic E-state index is 12.5. The van der Waals surface area contributed by atoms with E-state index in [9.17, 15) is 9.90 Å². The summed E-state index contributed by atoms with van der Waals surface area (Å²) in [6.45, 7) is 12.2. The van der Waals surface area contributed by atoms with Crippen LogP contribution in [0.2, 0.25) is 0 Å². The van der Waals surface area contributed by atoms with E-state index in [1.165, 1.54) is 6.08 Å². The van der Waals surface area contributed by atoms with Crippen molar-refractivity contribution in [2.24, 2.45) is 0 Å². The molecule has 4 heteroatoms. The van der Waals surface area contributed by atoms with Gasteiger partial charge in [0.2, 0.25) is 0 Å². The Morgan fingerprint density at radius 2 is 1.61 bits per heavy atom. The molecule has 0 heterocycles. The third-order valence-corrected chi connectivity index (χ3v) is 4.65. The van der Waals surface area contributed by atoms with E-state index in [4.69, 9.17) is 10.5 Å². The fraction of sp³-hybridized carbons (Fsp3) is 0.375. The van der Waals surface area contributed by atoms with Crippen LogP contribution in [0.1, 0.15) is 68.6 Å². The van der Waals surface area contributed by atoms with E-state index in [-0.39, 0.29) is 22.4 Å². The third-order valence-electron chi connectivity index (χ3n) is 4.65. The van der Waals surface area contributed by atoms with Crippen LogP contribution in [-0.4, -0.2) is 18.0 Å². The molecule has 0 aliphatic rings. The SMILES string of the molecule is COc1c(/C=C/C(=O)c2ccc(N)cc2)cc(C(C)(C)C)c(O)c1C(C)(C)C. The zero-order valence-electron chi connectivity index (χ0n) is 17.9. The maximum Gasteiger partial charge on any atom is 0.185 e. The summed E-state index contributed by atoms with van der Waals surface area (Å²) in [6.07, 6.45) is 3.28. The van der Waals surface area contributed by atoms with E-state index in [0.717, 1.165) is 16.7 Å². The van der Waals surface area contributed by atoms with Crippen LogP contribution in [0, 0.1) is 0 Å². The summed E-state index contributed by atoms with van der Waals surface area (Å²) in [4.78, 5) is 12.5. The molecule has 0 spiro atoms. The van der Waals surface area contributed by atoms with Crippen LogP contribution in [0.5, 0.6) is 11.5 Å². The summed E-state index contributed by atoms with van der Waals surface area (Å²) >= 11 is 0. The Labute approximate surface area is 168 Å². The lowest BCUT2D eigenvalue weighted by molar-refractivity contribution is 0.104. The standard InChI is InChI=1S/C24H31NO3/c1-23(2,3)18-14-16(22(28-7)20(21(18)27)24(4,5)6)10-13-19(26)15-8-11-17(25)12-9-15/h8-14,27H,25H2,1-7H3/b13-10+. The summed E-state index contributed by atoms with van der Waals surface area (Å²) in [5.41, 5.74) is 8.59. The van der Waals surface area contributed by atoms with Crippen LogP contribution in [0.25, 0.3) is 6.08 Å². The molecular weight excluding hydrogens is 350 g/mol. The lowest BCUT2D eigenvalue weighted by Gasteiger charge is -2.30. The number of rotatable bonds is 4. The van der Waals surface area contributed by atoms with Gasteiger partial charge < -0.3 is 15.6 Å². The Morgan fingerprint density at radius 1 is 1.04 bits per heavy atom. The smallest absolute Gasteiger partial charge is 0.185 e. The number of phenols is 1. The van der Waals surface area contributed by atoms with Crippen LogP contribution >= 0.6 is 0 Å². The number of anilines is 1. The van der Waals surface area contributed by atoms with Gasteiger partial charge in [-0.25, -0.2) is 0 Å². The Morgan fingerprint density at radius 3 is 2.07 bits per heavy atom. The van der Waals surface area contributed by atoms with Gasteiger partial charge in [-0.2, -0.15) is 0 Å². The average molecular weight is 382 g/mol. The third kappa shape index (κ3) is 4.56. The second-order valence-electron chi connectivity index (χ2n) is 9.09. The van der Waals surface area contributed by atoms with Gasteiger partial charge >= 0.3 is 0 Å². The Hall–Kier alpha value is -2.75. The van der Waals surface area contributed by atoms with E-state index in [1.807, 2.05) is 47.6 Å². The molecule has 2 aromatic rings. The molecule has 0 unspecified atom stereocenters. The van der Waals surface area contributed by atoms with Crippen molar-refractivity contribution < 1.29 is 14.6 Å². The Kier molecular flexibility index (Phi) is 5.93. The summed E-state index contributed by atoms with van der Waals surface area (Å²) in [5.74, 6) is 0.711. The fourth-order valence-corrected chi connectivity index (χ4v) is 3.20. The van der Waals surface area contributed by atoms with Gasteiger partial charge in [0.25, 0.3) is 0 Å². The number of methoxy groups -OCH3 is 1. The van der Waals surface area contributed by atoms with Gasteiger partial charge in [-0.15, -0.1) is 0 Å². The first-order chi connectivity index (χ1) is 12.9. The van der Waals surface area contributed by atoms with Gasteiger partial charge in [-0.1, -0.05) is 41.5 Å². The molecule has 3 N–H and O–H groups in total. The molecule has 0 fully saturated rings. The molecule has 2 aromatic carbocycles. The highest BCUT2D eigenvalue weighted by Gasteiger charge is 2.30. The number of ketones is 1. The topological polar surface area (TPSA) is 72.5 Å². The summed E-state index contributed by atoms with van der Waals surface area (Å²) in [6, 6.07) is 8.72. The van der Waals surface area contributed by atoms with Gasteiger partial charge in [0, 0.05) is 27.9 Å². The molecule has 0 amide bonds. The molecular formula is C24H31NO3. The second kappa shape index (κ2) is 7.70. The molecule has 0 atom stereocenters. The van der Waals surface area contributed by atoms with E-state index < -0.39 is 0 Å². The molecule has 0 saturated heterocycles. The minimum absolute atomic E-state index is 0.121. The van der Waals surface area contributed by atoms with Crippen LogP contribution in [0.15, 0.2) is 36.4 Å². The van der Waals surface area contributed by atoms with Crippen molar-refractivity contribution in [3.8, 4) is 11.5 Å². The molecule has 0 aromatic heterocycles. The molecule has 28 heavy (non-hydrogen) atoms. The number of ether oxygens (including phenoxy) is 1. The van der Waals surface area contributed by atoms with Gasteiger partial charge in [-0.05, 0) is 53.3 Å². The number of nitrogens with two attached hydrogens (primary N) is 1. The van der Waals surface area contributed by atoms with E-state index in [0.29, 0.717) is 17.0 Å². The molecule has 0 aliphatic heterocycles. The highest BCUT2D eigenvalue weighted by molar-refractivity contribution is 6.07. The Balaban J connectivity index is 2.62. The van der Waals surface area contributed by atoms with Crippen LogP contribution in [-0.2, 0) is 10.8 Å². The minimum Gasteiger partial charge on any atom is -0.507 e. The quantitative estimate of drug-likeness (QED) is 0.418. The first kappa shape index (κ1) is 21.5. The van der Waals surface area contributed by atoms with E-state index in [1.54, 1.807) is 37.5 Å². The second-order valence-corrected chi connectivity index (χ2v) is 9.09.